The summed E-state index contributed by atoms with van der Waals surface area (Å²) in [5.74, 6) is -1.98. The fourth-order valence-electron chi connectivity index (χ4n) is 1.58. The van der Waals surface area contributed by atoms with Gasteiger partial charge in [0.15, 0.2) is 5.11 Å². The van der Waals surface area contributed by atoms with Gasteiger partial charge in [0.05, 0.1) is 0 Å². The fraction of sp³-hybridized carbons (Fsp3) is 0.429. The van der Waals surface area contributed by atoms with E-state index < -0.39 is 5.76 Å². The van der Waals surface area contributed by atoms with Gasteiger partial charge in [0, 0.05) is 16.8 Å². The molecule has 3 nitrogen and oxygen atoms in total. The number of halogens is 2. The topological polar surface area (TPSA) is 36.4 Å². The lowest BCUT2D eigenvalue weighted by Gasteiger charge is -2.09. The first-order valence-corrected chi connectivity index (χ1v) is 7.99. The molecule has 0 aliphatic carbocycles. The van der Waals surface area contributed by atoms with E-state index in [1.807, 2.05) is 6.21 Å². The third kappa shape index (κ3) is 7.38. The number of hydrazone groups is 1. The number of nitrogens with zero attached hydrogens (tertiary/aromatic N) is 1. The van der Waals surface area contributed by atoms with E-state index in [1.54, 1.807) is 24.3 Å². The molecule has 0 amide bonds. The van der Waals surface area contributed by atoms with E-state index >= 15 is 0 Å². The van der Waals surface area contributed by atoms with Crippen LogP contribution in [0, 0.1) is 5.92 Å². The van der Waals surface area contributed by atoms with Crippen molar-refractivity contribution in [3.63, 3.8) is 0 Å². The second-order valence-electron chi connectivity index (χ2n) is 4.32. The van der Waals surface area contributed by atoms with Crippen molar-refractivity contribution >= 4 is 41.0 Å². The number of hydrogen-bond acceptors (Lipinski definition) is 3. The fourth-order valence-corrected chi connectivity index (χ4v) is 2.25. The zero-order valence-corrected chi connectivity index (χ0v) is 13.6. The first-order chi connectivity index (χ1) is 10.0. The van der Waals surface area contributed by atoms with Crippen molar-refractivity contribution in [2.75, 3.05) is 5.32 Å². The molecule has 0 bridgehead atoms. The monoisotopic (exact) mass is 331 g/mol. The van der Waals surface area contributed by atoms with Gasteiger partial charge < -0.3 is 5.32 Å². The van der Waals surface area contributed by atoms with E-state index in [9.17, 15) is 8.78 Å². The standard InChI is InChI=1S/C14H19F2N3S2/c1-3-10(4-2)9-17-19-14(20)18-11-5-7-12(8-6-11)21-13(15)16/h5-10,13H,3-4H2,1-2H3,(H2,18,19,20)/b17-9+. The molecule has 0 spiro atoms. The Morgan fingerprint density at radius 2 is 1.90 bits per heavy atom. The number of nitrogens with one attached hydrogen (secondary N) is 2. The van der Waals surface area contributed by atoms with Gasteiger partial charge >= 0.3 is 0 Å². The summed E-state index contributed by atoms with van der Waals surface area (Å²) in [7, 11) is 0. The predicted octanol–water partition coefficient (Wildman–Crippen LogP) is 4.71. The second kappa shape index (κ2) is 9.68. The maximum atomic E-state index is 12.2. The molecular weight excluding hydrogens is 312 g/mol. The molecule has 0 saturated carbocycles. The molecule has 0 heterocycles. The van der Waals surface area contributed by atoms with E-state index in [-0.39, 0.29) is 0 Å². The Morgan fingerprint density at radius 1 is 1.29 bits per heavy atom. The number of rotatable bonds is 7. The molecule has 1 rings (SSSR count). The van der Waals surface area contributed by atoms with Gasteiger partial charge in [0.2, 0.25) is 0 Å². The summed E-state index contributed by atoms with van der Waals surface area (Å²) in [6.07, 6.45) is 3.91. The minimum Gasteiger partial charge on any atom is -0.331 e. The largest absolute Gasteiger partial charge is 0.331 e. The molecule has 0 aliphatic heterocycles. The van der Waals surface area contributed by atoms with Crippen molar-refractivity contribution in [2.24, 2.45) is 11.0 Å². The van der Waals surface area contributed by atoms with Gasteiger partial charge in [0.25, 0.3) is 5.76 Å². The molecule has 2 N–H and O–H groups in total. The molecule has 1 aromatic carbocycles. The second-order valence-corrected chi connectivity index (χ2v) is 5.80. The Hall–Kier alpha value is -1.21. The molecule has 116 valence electrons. The summed E-state index contributed by atoms with van der Waals surface area (Å²) in [5.41, 5.74) is 3.47. The molecule has 1 aromatic rings. The number of benzene rings is 1. The molecule has 0 radical (unpaired) electrons. The molecular formula is C14H19F2N3S2. The summed E-state index contributed by atoms with van der Waals surface area (Å²) in [6, 6.07) is 6.64. The highest BCUT2D eigenvalue weighted by Crippen LogP contribution is 2.26. The van der Waals surface area contributed by atoms with Gasteiger partial charge in [-0.3, -0.25) is 5.43 Å². The zero-order valence-electron chi connectivity index (χ0n) is 12.0. The van der Waals surface area contributed by atoms with Gasteiger partial charge in [-0.25, -0.2) is 0 Å². The van der Waals surface area contributed by atoms with Gasteiger partial charge in [-0.15, -0.1) is 0 Å². The highest BCUT2D eigenvalue weighted by atomic mass is 32.2. The zero-order chi connectivity index (χ0) is 15.7. The van der Waals surface area contributed by atoms with Crippen molar-refractivity contribution in [1.29, 1.82) is 0 Å². The smallest absolute Gasteiger partial charge is 0.288 e. The van der Waals surface area contributed by atoms with Crippen LogP contribution in [0.3, 0.4) is 0 Å². The molecule has 0 atom stereocenters. The SMILES string of the molecule is CCC(/C=N/NC(=S)Nc1ccc(SC(F)F)cc1)CC. The summed E-state index contributed by atoms with van der Waals surface area (Å²) in [5, 5.41) is 7.39. The maximum Gasteiger partial charge on any atom is 0.288 e. The van der Waals surface area contributed by atoms with E-state index in [0.29, 0.717) is 27.7 Å². The van der Waals surface area contributed by atoms with Crippen molar-refractivity contribution in [1.82, 2.24) is 5.43 Å². The Kier molecular flexibility index (Phi) is 8.22. The van der Waals surface area contributed by atoms with Crippen LogP contribution >= 0.6 is 24.0 Å². The summed E-state index contributed by atoms with van der Waals surface area (Å²) < 4.78 is 24.4. The van der Waals surface area contributed by atoms with Crippen LogP contribution in [-0.2, 0) is 0 Å². The third-order valence-electron chi connectivity index (χ3n) is 2.84. The van der Waals surface area contributed by atoms with Crippen LogP contribution in [0.2, 0.25) is 0 Å². The van der Waals surface area contributed by atoms with Gasteiger partial charge in [-0.05, 0) is 55.2 Å². The maximum absolute atomic E-state index is 12.2. The van der Waals surface area contributed by atoms with Crippen molar-refractivity contribution < 1.29 is 8.78 Å². The highest BCUT2D eigenvalue weighted by molar-refractivity contribution is 7.99. The van der Waals surface area contributed by atoms with Gasteiger partial charge in [0.1, 0.15) is 0 Å². The van der Waals surface area contributed by atoms with E-state index in [2.05, 4.69) is 29.7 Å². The number of alkyl halides is 2. The number of anilines is 1. The predicted molar refractivity (Wildman–Crippen MR) is 90.2 cm³/mol. The number of thioether (sulfide) groups is 1. The summed E-state index contributed by atoms with van der Waals surface area (Å²) >= 11 is 5.62. The van der Waals surface area contributed by atoms with Crippen LogP contribution in [-0.4, -0.2) is 17.1 Å². The van der Waals surface area contributed by atoms with E-state index in [1.165, 1.54) is 0 Å². The highest BCUT2D eigenvalue weighted by Gasteiger charge is 2.05. The molecule has 0 aromatic heterocycles. The van der Waals surface area contributed by atoms with Crippen LogP contribution < -0.4 is 10.7 Å². The van der Waals surface area contributed by atoms with Crippen LogP contribution in [0.5, 0.6) is 0 Å². The average molecular weight is 331 g/mol. The minimum absolute atomic E-state index is 0.367. The first-order valence-electron chi connectivity index (χ1n) is 6.70. The molecule has 21 heavy (non-hydrogen) atoms. The number of thiocarbonyl (C=S) groups is 1. The molecule has 0 aliphatic rings. The van der Waals surface area contributed by atoms with E-state index in [0.717, 1.165) is 18.5 Å². The lowest BCUT2D eigenvalue weighted by molar-refractivity contribution is 0.252. The van der Waals surface area contributed by atoms with Gasteiger partial charge in [-0.1, -0.05) is 25.6 Å². The molecule has 0 fully saturated rings. The summed E-state index contributed by atoms with van der Waals surface area (Å²) in [4.78, 5) is 0.515. The quantitative estimate of drug-likeness (QED) is 0.328. The van der Waals surface area contributed by atoms with E-state index in [4.69, 9.17) is 12.2 Å². The van der Waals surface area contributed by atoms with Crippen LogP contribution in [0.1, 0.15) is 26.7 Å². The average Bonchev–Trinajstić information content (AvgIpc) is 2.45. The van der Waals surface area contributed by atoms with Crippen LogP contribution in [0.4, 0.5) is 14.5 Å². The lowest BCUT2D eigenvalue weighted by atomic mass is 10.1. The number of hydrogen-bond donors (Lipinski definition) is 2. The minimum atomic E-state index is -2.41. The van der Waals surface area contributed by atoms with Gasteiger partial charge in [-0.2, -0.15) is 13.9 Å². The van der Waals surface area contributed by atoms with Crippen molar-refractivity contribution in [2.45, 2.75) is 37.3 Å². The van der Waals surface area contributed by atoms with Crippen molar-refractivity contribution in [3.05, 3.63) is 24.3 Å². The molecule has 0 saturated heterocycles. The molecule has 7 heteroatoms. The summed E-state index contributed by atoms with van der Waals surface area (Å²) in [6.45, 7) is 4.21. The molecule has 0 unspecified atom stereocenters. The lowest BCUT2D eigenvalue weighted by Crippen LogP contribution is -2.24. The normalized spacial score (nSPS) is 11.3. The first kappa shape index (κ1) is 17.8. The van der Waals surface area contributed by atoms with Crippen LogP contribution in [0.25, 0.3) is 0 Å². The van der Waals surface area contributed by atoms with Crippen LogP contribution in [0.15, 0.2) is 34.3 Å². The Morgan fingerprint density at radius 3 is 2.43 bits per heavy atom. The Labute approximate surface area is 133 Å². The Balaban J connectivity index is 2.44. The Bertz CT molecular complexity index is 460. The van der Waals surface area contributed by atoms with Crippen molar-refractivity contribution in [3.8, 4) is 0 Å². The third-order valence-corrected chi connectivity index (χ3v) is 3.75.